The molecule has 0 aromatic heterocycles. The first-order valence-corrected chi connectivity index (χ1v) is 8.52. The van der Waals surface area contributed by atoms with Crippen LogP contribution in [-0.2, 0) is 7.05 Å². The van der Waals surface area contributed by atoms with Gasteiger partial charge >= 0.3 is 5.82 Å². The van der Waals surface area contributed by atoms with Crippen LogP contribution in [0.3, 0.4) is 0 Å². The zero-order valence-corrected chi connectivity index (χ0v) is 15.1. The van der Waals surface area contributed by atoms with Crippen LogP contribution < -0.4 is 15.6 Å². The lowest BCUT2D eigenvalue weighted by molar-refractivity contribution is -0.755. The molecule has 2 N–H and O–H groups in total. The molecule has 0 saturated heterocycles. The molecule has 2 aliphatic heterocycles. The van der Waals surface area contributed by atoms with Crippen LogP contribution in [0.4, 0.5) is 11.4 Å². The minimum absolute atomic E-state index is 0.247. The van der Waals surface area contributed by atoms with Gasteiger partial charge in [-0.3, -0.25) is 9.78 Å². The summed E-state index contributed by atoms with van der Waals surface area (Å²) < 4.78 is 3.86. The Hall–Kier alpha value is -3.12. The molecular formula is C19H17ClN5O+. The van der Waals surface area contributed by atoms with Crippen molar-refractivity contribution >= 4 is 23.0 Å². The SMILES string of the molecule is Cc1nc2[nH]c(=O)c(Nc3ccccc3Cl)c-2n(-c2ccccc2)[n+]1C. The van der Waals surface area contributed by atoms with Gasteiger partial charge in [0.15, 0.2) is 5.69 Å². The Morgan fingerprint density at radius 2 is 1.81 bits per heavy atom. The fraction of sp³-hybridized carbons (Fsp3) is 0.105. The molecule has 0 amide bonds. The number of rotatable bonds is 3. The van der Waals surface area contributed by atoms with Crippen LogP contribution in [0.5, 0.6) is 0 Å². The van der Waals surface area contributed by atoms with Crippen LogP contribution in [0.1, 0.15) is 5.82 Å². The number of nitrogens with one attached hydrogen (secondary N) is 2. The summed E-state index contributed by atoms with van der Waals surface area (Å²) in [6.07, 6.45) is 0. The van der Waals surface area contributed by atoms with Crippen LogP contribution in [-0.4, -0.2) is 14.6 Å². The number of para-hydroxylation sites is 2. The molecule has 0 radical (unpaired) electrons. The number of hydrogen-bond acceptors (Lipinski definition) is 3. The highest BCUT2D eigenvalue weighted by Crippen LogP contribution is 2.30. The second kappa shape index (κ2) is 6.31. The molecule has 7 heteroatoms. The van der Waals surface area contributed by atoms with Crippen LogP contribution in [0.2, 0.25) is 5.02 Å². The van der Waals surface area contributed by atoms with Gasteiger partial charge in [0, 0.05) is 6.92 Å². The number of benzene rings is 2. The number of nitrogens with zero attached hydrogens (tertiary/aromatic N) is 3. The molecule has 0 unspecified atom stereocenters. The summed E-state index contributed by atoms with van der Waals surface area (Å²) >= 11 is 6.26. The largest absolute Gasteiger partial charge is 0.348 e. The lowest BCUT2D eigenvalue weighted by Crippen LogP contribution is -2.45. The summed E-state index contributed by atoms with van der Waals surface area (Å²) in [6.45, 7) is 1.89. The number of aromatic amines is 1. The van der Waals surface area contributed by atoms with E-state index in [1.807, 2.05) is 71.9 Å². The highest BCUT2D eigenvalue weighted by atomic mass is 35.5. The molecule has 0 bridgehead atoms. The summed E-state index contributed by atoms with van der Waals surface area (Å²) in [5.41, 5.74) is 2.40. The summed E-state index contributed by atoms with van der Waals surface area (Å²) in [5, 5.41) is 3.71. The van der Waals surface area contributed by atoms with Gasteiger partial charge in [-0.2, -0.15) is 9.36 Å². The lowest BCUT2D eigenvalue weighted by Gasteiger charge is -2.14. The molecule has 6 nitrogen and oxygen atoms in total. The average Bonchev–Trinajstić information content (AvgIpc) is 2.94. The van der Waals surface area contributed by atoms with E-state index in [1.165, 1.54) is 0 Å². The quantitative estimate of drug-likeness (QED) is 0.547. The molecule has 2 aromatic rings. The minimum Gasteiger partial charge on any atom is -0.348 e. The number of H-pyrrole nitrogens is 1. The third kappa shape index (κ3) is 2.64. The van der Waals surface area contributed by atoms with E-state index < -0.39 is 0 Å². The molecule has 130 valence electrons. The van der Waals surface area contributed by atoms with E-state index in [0.29, 0.717) is 27.9 Å². The highest BCUT2D eigenvalue weighted by molar-refractivity contribution is 6.33. The van der Waals surface area contributed by atoms with Crippen molar-refractivity contribution < 1.29 is 4.68 Å². The second-order valence-corrected chi connectivity index (χ2v) is 6.37. The first kappa shape index (κ1) is 16.4. The Morgan fingerprint density at radius 3 is 2.54 bits per heavy atom. The average molecular weight is 367 g/mol. The standard InChI is InChI=1S/C19H16ClN5O/c1-12-21-18-17(25(24(12)2)13-8-4-3-5-9-13)16(19(26)23-18)22-15-11-7-6-10-14(15)20/h3-11H,1-2H3,(H,22,23,26)/p+1. The third-order valence-electron chi connectivity index (χ3n) is 4.31. The number of hydrogen-bond donors (Lipinski definition) is 2. The van der Waals surface area contributed by atoms with Crippen LogP contribution >= 0.6 is 11.6 Å². The lowest BCUT2D eigenvalue weighted by atomic mass is 10.2. The maximum Gasteiger partial charge on any atom is 0.316 e. The Kier molecular flexibility index (Phi) is 3.97. The predicted octanol–water partition coefficient (Wildman–Crippen LogP) is 3.20. The zero-order chi connectivity index (χ0) is 18.3. The molecule has 0 spiro atoms. The van der Waals surface area contributed by atoms with E-state index in [0.717, 1.165) is 11.5 Å². The summed E-state index contributed by atoms with van der Waals surface area (Å²) in [4.78, 5) is 20.0. The van der Waals surface area contributed by atoms with Crippen molar-refractivity contribution in [2.45, 2.75) is 6.92 Å². The highest BCUT2D eigenvalue weighted by Gasteiger charge is 2.29. The van der Waals surface area contributed by atoms with Gasteiger partial charge in [0.25, 0.3) is 11.4 Å². The van der Waals surface area contributed by atoms with E-state index in [1.54, 1.807) is 6.07 Å². The van der Waals surface area contributed by atoms with E-state index in [-0.39, 0.29) is 5.56 Å². The van der Waals surface area contributed by atoms with Crippen molar-refractivity contribution in [3.8, 4) is 17.2 Å². The zero-order valence-electron chi connectivity index (χ0n) is 14.3. The van der Waals surface area contributed by atoms with Gasteiger partial charge in [-0.1, -0.05) is 41.9 Å². The number of fused-ring (bicyclic) bond motifs is 1. The molecule has 0 atom stereocenters. The first-order chi connectivity index (χ1) is 12.6. The van der Waals surface area contributed by atoms with Crippen LogP contribution in [0, 0.1) is 6.92 Å². The third-order valence-corrected chi connectivity index (χ3v) is 4.64. The molecule has 4 rings (SSSR count). The molecule has 0 aliphatic carbocycles. The molecule has 0 saturated carbocycles. The van der Waals surface area contributed by atoms with Crippen molar-refractivity contribution in [2.24, 2.45) is 7.05 Å². The minimum atomic E-state index is -0.247. The fourth-order valence-electron chi connectivity index (χ4n) is 2.96. The topological polar surface area (TPSA) is 66.6 Å². The van der Waals surface area contributed by atoms with Gasteiger partial charge in [-0.25, -0.2) is 0 Å². The van der Waals surface area contributed by atoms with E-state index in [4.69, 9.17) is 11.6 Å². The molecule has 2 aromatic carbocycles. The predicted molar refractivity (Wildman–Crippen MR) is 101 cm³/mol. The van der Waals surface area contributed by atoms with Gasteiger partial charge in [-0.15, -0.1) is 0 Å². The van der Waals surface area contributed by atoms with Gasteiger partial charge in [0.2, 0.25) is 0 Å². The monoisotopic (exact) mass is 366 g/mol. The number of halogens is 1. The summed E-state index contributed by atoms with van der Waals surface area (Å²) in [5.74, 6) is 1.29. The smallest absolute Gasteiger partial charge is 0.316 e. The van der Waals surface area contributed by atoms with Crippen LogP contribution in [0.25, 0.3) is 17.2 Å². The number of anilines is 2. The van der Waals surface area contributed by atoms with Crippen molar-refractivity contribution in [1.82, 2.24) is 14.6 Å². The Labute approximate surface area is 155 Å². The van der Waals surface area contributed by atoms with Gasteiger partial charge < -0.3 is 5.32 Å². The maximum absolute atomic E-state index is 12.6. The Morgan fingerprint density at radius 1 is 1.12 bits per heavy atom. The first-order valence-electron chi connectivity index (χ1n) is 8.15. The normalized spacial score (nSPS) is 11.0. The Bertz CT molecular complexity index is 1120. The van der Waals surface area contributed by atoms with Gasteiger partial charge in [0.05, 0.1) is 16.4 Å². The maximum atomic E-state index is 12.6. The van der Waals surface area contributed by atoms with E-state index >= 15 is 0 Å². The van der Waals surface area contributed by atoms with Gasteiger partial charge in [-0.05, 0) is 29.2 Å². The van der Waals surface area contributed by atoms with Crippen molar-refractivity contribution in [3.63, 3.8) is 0 Å². The second-order valence-electron chi connectivity index (χ2n) is 5.96. The van der Waals surface area contributed by atoms with E-state index in [2.05, 4.69) is 15.3 Å². The molecule has 26 heavy (non-hydrogen) atoms. The molecular weight excluding hydrogens is 350 g/mol. The summed E-state index contributed by atoms with van der Waals surface area (Å²) in [7, 11) is 1.91. The molecule has 2 aliphatic rings. The number of aryl methyl sites for hydroxylation is 1. The number of aromatic nitrogens is 4. The van der Waals surface area contributed by atoms with Crippen molar-refractivity contribution in [3.05, 3.63) is 75.8 Å². The molecule has 0 fully saturated rings. The summed E-state index contributed by atoms with van der Waals surface area (Å²) in [6, 6.07) is 17.1. The molecule has 2 heterocycles. The van der Waals surface area contributed by atoms with Gasteiger partial charge in [0.1, 0.15) is 12.7 Å². The van der Waals surface area contributed by atoms with E-state index in [9.17, 15) is 4.79 Å². The fourth-order valence-corrected chi connectivity index (χ4v) is 3.14. The van der Waals surface area contributed by atoms with Crippen molar-refractivity contribution in [1.29, 1.82) is 0 Å². The Balaban J connectivity index is 2.00. The van der Waals surface area contributed by atoms with Crippen molar-refractivity contribution in [2.75, 3.05) is 5.32 Å². The van der Waals surface area contributed by atoms with Crippen LogP contribution in [0.15, 0.2) is 59.4 Å².